The van der Waals surface area contributed by atoms with Gasteiger partial charge in [-0.3, -0.25) is 0 Å². The third-order valence-electron chi connectivity index (χ3n) is 3.08. The second kappa shape index (κ2) is 3.81. The SMILES string of the molecule is CCC1(c2ccccc2)Oc2ccccc2O1. The van der Waals surface area contributed by atoms with E-state index in [-0.39, 0.29) is 0 Å². The second-order valence-electron chi connectivity index (χ2n) is 4.12. The van der Waals surface area contributed by atoms with Crippen molar-refractivity contribution in [3.8, 4) is 11.5 Å². The van der Waals surface area contributed by atoms with Gasteiger partial charge in [0.05, 0.1) is 0 Å². The maximum atomic E-state index is 6.01. The Morgan fingerprint density at radius 3 is 1.88 bits per heavy atom. The summed E-state index contributed by atoms with van der Waals surface area (Å²) < 4.78 is 12.0. The third kappa shape index (κ3) is 1.57. The summed E-state index contributed by atoms with van der Waals surface area (Å²) in [7, 11) is 0. The van der Waals surface area contributed by atoms with Crippen molar-refractivity contribution in [2.45, 2.75) is 19.1 Å². The fourth-order valence-corrected chi connectivity index (χ4v) is 2.15. The standard InChI is InChI=1S/C15H14O2/c1-2-15(12-8-4-3-5-9-12)16-13-10-6-7-11-14(13)17-15/h3-11H,2H2,1H3. The Morgan fingerprint density at radius 1 is 0.824 bits per heavy atom. The first kappa shape index (κ1) is 10.2. The molecule has 0 saturated carbocycles. The Bertz CT molecular complexity index is 494. The maximum Gasteiger partial charge on any atom is 0.278 e. The summed E-state index contributed by atoms with van der Waals surface area (Å²) in [4.78, 5) is 0. The summed E-state index contributed by atoms with van der Waals surface area (Å²) in [6.07, 6.45) is 0.770. The first-order valence-electron chi connectivity index (χ1n) is 5.87. The van der Waals surface area contributed by atoms with E-state index in [4.69, 9.17) is 9.47 Å². The van der Waals surface area contributed by atoms with Crippen LogP contribution in [-0.4, -0.2) is 0 Å². The summed E-state index contributed by atoms with van der Waals surface area (Å²) in [6.45, 7) is 2.07. The van der Waals surface area contributed by atoms with Crippen LogP contribution >= 0.6 is 0 Å². The summed E-state index contributed by atoms with van der Waals surface area (Å²) in [5.41, 5.74) is 1.05. The van der Waals surface area contributed by atoms with E-state index in [2.05, 4.69) is 6.92 Å². The predicted molar refractivity (Wildman–Crippen MR) is 66.1 cm³/mol. The van der Waals surface area contributed by atoms with Crippen LogP contribution in [0.1, 0.15) is 18.9 Å². The van der Waals surface area contributed by atoms with E-state index in [0.29, 0.717) is 0 Å². The Labute approximate surface area is 101 Å². The smallest absolute Gasteiger partial charge is 0.278 e. The van der Waals surface area contributed by atoms with Gasteiger partial charge in [-0.15, -0.1) is 0 Å². The van der Waals surface area contributed by atoms with E-state index in [0.717, 1.165) is 23.5 Å². The lowest BCUT2D eigenvalue weighted by molar-refractivity contribution is -0.0891. The normalized spacial score (nSPS) is 15.8. The molecule has 0 fully saturated rings. The third-order valence-corrected chi connectivity index (χ3v) is 3.08. The zero-order chi connectivity index (χ0) is 11.7. The highest BCUT2D eigenvalue weighted by Crippen LogP contribution is 2.45. The predicted octanol–water partition coefficient (Wildman–Crippen LogP) is 3.72. The number of hydrogen-bond donors (Lipinski definition) is 0. The number of hydrogen-bond acceptors (Lipinski definition) is 2. The largest absolute Gasteiger partial charge is 0.444 e. The van der Waals surface area contributed by atoms with Gasteiger partial charge in [0.1, 0.15) is 0 Å². The van der Waals surface area contributed by atoms with Crippen LogP contribution in [0, 0.1) is 0 Å². The van der Waals surface area contributed by atoms with Crippen LogP contribution in [0.4, 0.5) is 0 Å². The van der Waals surface area contributed by atoms with Crippen molar-refractivity contribution in [3.63, 3.8) is 0 Å². The Hall–Kier alpha value is -1.96. The van der Waals surface area contributed by atoms with Crippen molar-refractivity contribution in [2.75, 3.05) is 0 Å². The molecule has 2 aromatic rings. The number of para-hydroxylation sites is 2. The Balaban J connectivity index is 2.03. The van der Waals surface area contributed by atoms with Gasteiger partial charge in [-0.2, -0.15) is 0 Å². The minimum atomic E-state index is -0.662. The minimum absolute atomic E-state index is 0.662. The Morgan fingerprint density at radius 2 is 1.35 bits per heavy atom. The van der Waals surface area contributed by atoms with Crippen LogP contribution in [0.15, 0.2) is 54.6 Å². The van der Waals surface area contributed by atoms with Crippen molar-refractivity contribution in [1.29, 1.82) is 0 Å². The van der Waals surface area contributed by atoms with Crippen molar-refractivity contribution < 1.29 is 9.47 Å². The molecule has 0 spiro atoms. The van der Waals surface area contributed by atoms with Crippen LogP contribution in [0.2, 0.25) is 0 Å². The van der Waals surface area contributed by atoms with E-state index in [1.165, 1.54) is 0 Å². The maximum absolute atomic E-state index is 6.01. The van der Waals surface area contributed by atoms with E-state index in [9.17, 15) is 0 Å². The molecule has 17 heavy (non-hydrogen) atoms. The van der Waals surface area contributed by atoms with Gasteiger partial charge in [-0.05, 0) is 12.1 Å². The van der Waals surface area contributed by atoms with Crippen LogP contribution in [0.25, 0.3) is 0 Å². The lowest BCUT2D eigenvalue weighted by Gasteiger charge is -2.26. The topological polar surface area (TPSA) is 18.5 Å². The molecule has 86 valence electrons. The fourth-order valence-electron chi connectivity index (χ4n) is 2.15. The molecule has 0 amide bonds. The molecular weight excluding hydrogens is 212 g/mol. The molecule has 0 N–H and O–H groups in total. The lowest BCUT2D eigenvalue weighted by Crippen LogP contribution is -2.34. The van der Waals surface area contributed by atoms with E-state index in [1.54, 1.807) is 0 Å². The molecule has 0 atom stereocenters. The molecule has 0 saturated heterocycles. The first-order valence-corrected chi connectivity index (χ1v) is 5.87. The van der Waals surface area contributed by atoms with Crippen LogP contribution in [0.5, 0.6) is 11.5 Å². The van der Waals surface area contributed by atoms with Crippen molar-refractivity contribution in [1.82, 2.24) is 0 Å². The van der Waals surface area contributed by atoms with Crippen molar-refractivity contribution in [3.05, 3.63) is 60.2 Å². The van der Waals surface area contributed by atoms with Crippen molar-refractivity contribution in [2.24, 2.45) is 0 Å². The van der Waals surface area contributed by atoms with E-state index in [1.807, 2.05) is 54.6 Å². The molecular formula is C15H14O2. The highest BCUT2D eigenvalue weighted by Gasteiger charge is 2.41. The van der Waals surface area contributed by atoms with Gasteiger partial charge < -0.3 is 9.47 Å². The minimum Gasteiger partial charge on any atom is -0.444 e. The fraction of sp³-hybridized carbons (Fsp3) is 0.200. The number of ether oxygens (including phenoxy) is 2. The Kier molecular flexibility index (Phi) is 2.29. The zero-order valence-electron chi connectivity index (χ0n) is 9.72. The average molecular weight is 226 g/mol. The molecule has 2 nitrogen and oxygen atoms in total. The quantitative estimate of drug-likeness (QED) is 0.777. The van der Waals surface area contributed by atoms with E-state index < -0.39 is 5.79 Å². The molecule has 2 aromatic carbocycles. The number of rotatable bonds is 2. The highest BCUT2D eigenvalue weighted by atomic mass is 16.7. The van der Waals surface area contributed by atoms with Gasteiger partial charge in [0.2, 0.25) is 0 Å². The molecule has 2 heteroatoms. The summed E-state index contributed by atoms with van der Waals surface area (Å²) in [5.74, 6) is 0.974. The molecule has 0 radical (unpaired) electrons. The van der Waals surface area contributed by atoms with Gasteiger partial charge in [0.15, 0.2) is 11.5 Å². The van der Waals surface area contributed by atoms with Crippen LogP contribution < -0.4 is 9.47 Å². The van der Waals surface area contributed by atoms with Gasteiger partial charge in [-0.25, -0.2) is 0 Å². The molecule has 0 aliphatic carbocycles. The molecule has 1 heterocycles. The first-order chi connectivity index (χ1) is 8.34. The molecule has 1 aliphatic heterocycles. The molecule has 1 aliphatic rings. The summed E-state index contributed by atoms with van der Waals surface area (Å²) >= 11 is 0. The highest BCUT2D eigenvalue weighted by molar-refractivity contribution is 5.44. The van der Waals surface area contributed by atoms with Gasteiger partial charge >= 0.3 is 0 Å². The summed E-state index contributed by atoms with van der Waals surface area (Å²) in [6, 6.07) is 17.9. The average Bonchev–Trinajstić information content (AvgIpc) is 2.79. The van der Waals surface area contributed by atoms with Gasteiger partial charge in [-0.1, -0.05) is 49.4 Å². The second-order valence-corrected chi connectivity index (χ2v) is 4.12. The molecule has 0 unspecified atom stereocenters. The molecule has 0 bridgehead atoms. The summed E-state index contributed by atoms with van der Waals surface area (Å²) in [5, 5.41) is 0. The molecule has 3 rings (SSSR count). The number of benzene rings is 2. The van der Waals surface area contributed by atoms with Gasteiger partial charge in [0.25, 0.3) is 5.79 Å². The monoisotopic (exact) mass is 226 g/mol. The number of fused-ring (bicyclic) bond motifs is 1. The van der Waals surface area contributed by atoms with Crippen LogP contribution in [-0.2, 0) is 5.79 Å². The van der Waals surface area contributed by atoms with Crippen molar-refractivity contribution >= 4 is 0 Å². The lowest BCUT2D eigenvalue weighted by atomic mass is 10.0. The van der Waals surface area contributed by atoms with E-state index >= 15 is 0 Å². The van der Waals surface area contributed by atoms with Gasteiger partial charge in [0, 0.05) is 12.0 Å². The van der Waals surface area contributed by atoms with Crippen LogP contribution in [0.3, 0.4) is 0 Å². The zero-order valence-corrected chi connectivity index (χ0v) is 9.72. The molecule has 0 aromatic heterocycles.